The second-order valence-electron chi connectivity index (χ2n) is 4.89. The molecule has 2 aromatic carbocycles. The highest BCUT2D eigenvalue weighted by atomic mass is 16.4. The molecule has 2 rings (SSSR count). The van der Waals surface area contributed by atoms with Crippen LogP contribution in [-0.2, 0) is 17.6 Å². The fourth-order valence-electron chi connectivity index (χ4n) is 2.37. The molecule has 0 aromatic heterocycles. The molecule has 0 bridgehead atoms. The van der Waals surface area contributed by atoms with Gasteiger partial charge in [-0.1, -0.05) is 42.5 Å². The van der Waals surface area contributed by atoms with Gasteiger partial charge in [0.2, 0.25) is 0 Å². The highest BCUT2D eigenvalue weighted by Crippen LogP contribution is 2.22. The first-order valence-corrected chi connectivity index (χ1v) is 6.41. The minimum atomic E-state index is -0.775. The molecule has 0 heterocycles. The normalized spacial score (nSPS) is 10.4. The van der Waals surface area contributed by atoms with E-state index in [2.05, 4.69) is 18.2 Å². The van der Waals surface area contributed by atoms with Crippen LogP contribution in [0.3, 0.4) is 0 Å². The van der Waals surface area contributed by atoms with Gasteiger partial charge in [-0.2, -0.15) is 0 Å². The smallest absolute Gasteiger partial charge is 0.307 e. The first-order valence-electron chi connectivity index (χ1n) is 6.41. The van der Waals surface area contributed by atoms with Crippen molar-refractivity contribution in [3.05, 3.63) is 70.3 Å². The minimum absolute atomic E-state index is 0.0929. The van der Waals surface area contributed by atoms with Crippen LogP contribution in [0, 0.1) is 13.8 Å². The highest BCUT2D eigenvalue weighted by molar-refractivity contribution is 5.71. The molecule has 0 saturated carbocycles. The maximum atomic E-state index is 11.0. The molecule has 2 heteroatoms. The van der Waals surface area contributed by atoms with Crippen molar-refractivity contribution in [1.29, 1.82) is 0 Å². The Bertz CT molecular complexity index is 586. The van der Waals surface area contributed by atoms with Crippen LogP contribution in [0.1, 0.15) is 27.8 Å². The third-order valence-corrected chi connectivity index (χ3v) is 3.45. The van der Waals surface area contributed by atoms with Crippen LogP contribution in [0.15, 0.2) is 42.5 Å². The van der Waals surface area contributed by atoms with Gasteiger partial charge in [0.15, 0.2) is 0 Å². The summed E-state index contributed by atoms with van der Waals surface area (Å²) < 4.78 is 0. The van der Waals surface area contributed by atoms with Crippen LogP contribution >= 0.6 is 0 Å². The van der Waals surface area contributed by atoms with E-state index in [4.69, 9.17) is 5.11 Å². The summed E-state index contributed by atoms with van der Waals surface area (Å²) in [6.07, 6.45) is 0.882. The predicted molar refractivity (Wildman–Crippen MR) is 76.5 cm³/mol. The molecule has 0 aliphatic rings. The van der Waals surface area contributed by atoms with Crippen molar-refractivity contribution in [1.82, 2.24) is 0 Å². The standard InChI is InChI=1S/C17H18O2/c1-12-8-9-13(2)16(11-17(18)19)15(12)10-14-6-4-3-5-7-14/h3-9H,10-11H2,1-2H3,(H,18,19). The number of carboxylic acids is 1. The Morgan fingerprint density at radius 3 is 2.11 bits per heavy atom. The third-order valence-electron chi connectivity index (χ3n) is 3.45. The largest absolute Gasteiger partial charge is 0.481 e. The lowest BCUT2D eigenvalue weighted by Gasteiger charge is -2.14. The zero-order chi connectivity index (χ0) is 13.8. The van der Waals surface area contributed by atoms with Crippen molar-refractivity contribution in [2.75, 3.05) is 0 Å². The third kappa shape index (κ3) is 3.22. The van der Waals surface area contributed by atoms with Crippen molar-refractivity contribution in [3.8, 4) is 0 Å². The van der Waals surface area contributed by atoms with E-state index < -0.39 is 5.97 Å². The second kappa shape index (κ2) is 5.70. The molecular weight excluding hydrogens is 236 g/mol. The number of carbonyl (C=O) groups is 1. The number of rotatable bonds is 4. The molecule has 0 amide bonds. The van der Waals surface area contributed by atoms with Gasteiger partial charge in [-0.25, -0.2) is 0 Å². The minimum Gasteiger partial charge on any atom is -0.481 e. The number of benzene rings is 2. The van der Waals surface area contributed by atoms with E-state index in [-0.39, 0.29) is 6.42 Å². The number of aryl methyl sites for hydroxylation is 2. The average Bonchev–Trinajstić information content (AvgIpc) is 2.39. The van der Waals surface area contributed by atoms with Gasteiger partial charge in [0.25, 0.3) is 0 Å². The maximum absolute atomic E-state index is 11.0. The molecule has 1 N–H and O–H groups in total. The first kappa shape index (κ1) is 13.3. The Hall–Kier alpha value is -2.09. The van der Waals surface area contributed by atoms with Crippen LogP contribution < -0.4 is 0 Å². The van der Waals surface area contributed by atoms with Crippen molar-refractivity contribution < 1.29 is 9.90 Å². The summed E-state index contributed by atoms with van der Waals surface area (Å²) in [5.74, 6) is -0.775. The van der Waals surface area contributed by atoms with E-state index in [1.165, 1.54) is 5.56 Å². The number of carboxylic acid groups (broad SMARTS) is 1. The molecule has 0 saturated heterocycles. The summed E-state index contributed by atoms with van der Waals surface area (Å²) in [4.78, 5) is 11.0. The van der Waals surface area contributed by atoms with Crippen LogP contribution in [0.4, 0.5) is 0 Å². The zero-order valence-corrected chi connectivity index (χ0v) is 11.3. The van der Waals surface area contributed by atoms with Gasteiger partial charge in [-0.15, -0.1) is 0 Å². The molecule has 0 atom stereocenters. The Balaban J connectivity index is 2.43. The molecule has 0 aliphatic carbocycles. The lowest BCUT2D eigenvalue weighted by molar-refractivity contribution is -0.136. The molecule has 0 fully saturated rings. The van der Waals surface area contributed by atoms with Gasteiger partial charge >= 0.3 is 5.97 Å². The van der Waals surface area contributed by atoms with Crippen molar-refractivity contribution in [3.63, 3.8) is 0 Å². The van der Waals surface area contributed by atoms with E-state index in [1.54, 1.807) is 0 Å². The van der Waals surface area contributed by atoms with Gasteiger partial charge < -0.3 is 5.11 Å². The summed E-state index contributed by atoms with van der Waals surface area (Å²) in [6, 6.07) is 14.2. The Morgan fingerprint density at radius 2 is 1.53 bits per heavy atom. The lowest BCUT2D eigenvalue weighted by atomic mass is 9.91. The molecule has 0 unspecified atom stereocenters. The van der Waals surface area contributed by atoms with E-state index in [0.29, 0.717) is 0 Å². The Morgan fingerprint density at radius 1 is 0.947 bits per heavy atom. The van der Waals surface area contributed by atoms with Gasteiger partial charge in [-0.05, 0) is 48.1 Å². The molecule has 2 aromatic rings. The second-order valence-corrected chi connectivity index (χ2v) is 4.89. The summed E-state index contributed by atoms with van der Waals surface area (Å²) in [7, 11) is 0. The van der Waals surface area contributed by atoms with Gasteiger partial charge in [0, 0.05) is 0 Å². The SMILES string of the molecule is Cc1ccc(C)c(Cc2ccccc2)c1CC(=O)O. The number of aliphatic carboxylic acids is 1. The molecule has 0 aliphatic heterocycles. The van der Waals surface area contributed by atoms with Crippen molar-refractivity contribution in [2.24, 2.45) is 0 Å². The zero-order valence-electron chi connectivity index (χ0n) is 11.3. The van der Waals surface area contributed by atoms with E-state index in [9.17, 15) is 4.79 Å². The lowest BCUT2D eigenvalue weighted by Crippen LogP contribution is -2.08. The molecule has 19 heavy (non-hydrogen) atoms. The molecule has 0 radical (unpaired) electrons. The molecule has 0 spiro atoms. The topological polar surface area (TPSA) is 37.3 Å². The van der Waals surface area contributed by atoms with Gasteiger partial charge in [0.1, 0.15) is 0 Å². The summed E-state index contributed by atoms with van der Waals surface area (Å²) in [5, 5.41) is 9.07. The van der Waals surface area contributed by atoms with Crippen LogP contribution in [0.25, 0.3) is 0 Å². The van der Waals surface area contributed by atoms with Crippen LogP contribution in [0.5, 0.6) is 0 Å². The molecular formula is C17H18O2. The predicted octanol–water partition coefficient (Wildman–Crippen LogP) is 3.52. The Kier molecular flexibility index (Phi) is 4.00. The summed E-state index contributed by atoms with van der Waals surface area (Å²) in [5.41, 5.74) is 5.53. The quantitative estimate of drug-likeness (QED) is 0.906. The average molecular weight is 254 g/mol. The van der Waals surface area contributed by atoms with Crippen molar-refractivity contribution in [2.45, 2.75) is 26.7 Å². The van der Waals surface area contributed by atoms with Crippen molar-refractivity contribution >= 4 is 5.97 Å². The van der Waals surface area contributed by atoms with Gasteiger partial charge in [-0.3, -0.25) is 4.79 Å². The molecule has 2 nitrogen and oxygen atoms in total. The summed E-state index contributed by atoms with van der Waals surface area (Å²) >= 11 is 0. The highest BCUT2D eigenvalue weighted by Gasteiger charge is 2.12. The van der Waals surface area contributed by atoms with Crippen LogP contribution in [-0.4, -0.2) is 11.1 Å². The van der Waals surface area contributed by atoms with E-state index in [1.807, 2.05) is 38.1 Å². The molecule has 98 valence electrons. The Labute approximate surface area is 113 Å². The maximum Gasteiger partial charge on any atom is 0.307 e. The fraction of sp³-hybridized carbons (Fsp3) is 0.235. The monoisotopic (exact) mass is 254 g/mol. The van der Waals surface area contributed by atoms with Crippen LogP contribution in [0.2, 0.25) is 0 Å². The summed E-state index contributed by atoms with van der Waals surface area (Å²) in [6.45, 7) is 4.02. The fourth-order valence-corrected chi connectivity index (χ4v) is 2.37. The van der Waals surface area contributed by atoms with Gasteiger partial charge in [0.05, 0.1) is 6.42 Å². The van der Waals surface area contributed by atoms with E-state index in [0.717, 1.165) is 28.7 Å². The number of hydrogen-bond donors (Lipinski definition) is 1. The number of hydrogen-bond acceptors (Lipinski definition) is 1. The first-order chi connectivity index (χ1) is 9.08. The van der Waals surface area contributed by atoms with E-state index >= 15 is 0 Å².